The van der Waals surface area contributed by atoms with E-state index in [9.17, 15) is 18.8 Å². The number of thiophene rings is 1. The molecule has 3 aliphatic rings. The van der Waals surface area contributed by atoms with Crippen LogP contribution in [0, 0.1) is 17.6 Å². The minimum absolute atomic E-state index is 0.0559. The van der Waals surface area contributed by atoms with Crippen LogP contribution in [0.3, 0.4) is 0 Å². The van der Waals surface area contributed by atoms with Crippen LogP contribution in [0.2, 0.25) is 0 Å². The molecule has 1 amide bonds. The second-order valence-corrected chi connectivity index (χ2v) is 10.5. The number of carbonyl (C=O) groups is 3. The Morgan fingerprint density at radius 3 is 2.64 bits per heavy atom. The van der Waals surface area contributed by atoms with Gasteiger partial charge >= 0.3 is 5.97 Å². The molecule has 3 heterocycles. The maximum Gasteiger partial charge on any atom is 0.317 e. The van der Waals surface area contributed by atoms with Gasteiger partial charge in [-0.1, -0.05) is 12.1 Å². The number of hydrogen-bond donors (Lipinski definition) is 0. The number of benzene rings is 2. The molecule has 0 N–H and O–H groups in total. The van der Waals surface area contributed by atoms with E-state index in [1.807, 2.05) is 17.5 Å². The van der Waals surface area contributed by atoms with Crippen LogP contribution in [0.4, 0.5) is 14.5 Å². The largest absolute Gasteiger partial charge is 0.465 e. The number of carbonyl (C=O) groups excluding carboxylic acids is 3. The summed E-state index contributed by atoms with van der Waals surface area (Å²) in [6.07, 6.45) is -0.0606. The van der Waals surface area contributed by atoms with Gasteiger partial charge in [-0.15, -0.1) is 11.3 Å². The van der Waals surface area contributed by atoms with Crippen LogP contribution in [0.15, 0.2) is 65.2 Å². The van der Waals surface area contributed by atoms with Crippen LogP contribution >= 0.6 is 11.3 Å². The highest BCUT2D eigenvalue weighted by atomic mass is 32.1. The number of Topliss-reactive ketones (excluding diaryl/α,β-unsaturated/α-hetero) is 1. The predicted octanol–water partition coefficient (Wildman–Crippen LogP) is 5.47. The smallest absolute Gasteiger partial charge is 0.317 e. The van der Waals surface area contributed by atoms with Crippen molar-refractivity contribution < 1.29 is 37.4 Å². The summed E-state index contributed by atoms with van der Waals surface area (Å²) < 4.78 is 45.1. The van der Waals surface area contributed by atoms with Crippen LogP contribution in [0.25, 0.3) is 0 Å². The topological polar surface area (TPSA) is 82.1 Å². The average Bonchev–Trinajstić information content (AvgIpc) is 3.61. The Morgan fingerprint density at radius 1 is 1.08 bits per heavy atom. The lowest BCUT2D eigenvalue weighted by Gasteiger charge is -2.42. The molecule has 0 fully saturated rings. The molecular formula is C29H23F2NO6S. The molecule has 39 heavy (non-hydrogen) atoms. The van der Waals surface area contributed by atoms with Crippen molar-refractivity contribution in [2.45, 2.75) is 31.6 Å². The molecule has 2 aliphatic heterocycles. The van der Waals surface area contributed by atoms with Crippen LogP contribution in [-0.4, -0.2) is 31.1 Å². The monoisotopic (exact) mass is 551 g/mol. The van der Waals surface area contributed by atoms with Crippen molar-refractivity contribution in [3.05, 3.63) is 87.3 Å². The zero-order valence-electron chi connectivity index (χ0n) is 20.8. The normalized spacial score (nSPS) is 22.2. The lowest BCUT2D eigenvalue weighted by atomic mass is 9.69. The van der Waals surface area contributed by atoms with Crippen LogP contribution in [0.1, 0.15) is 42.0 Å². The van der Waals surface area contributed by atoms with Crippen molar-refractivity contribution in [1.82, 2.24) is 0 Å². The quantitative estimate of drug-likeness (QED) is 0.309. The molecular weight excluding hydrogens is 528 g/mol. The first kappa shape index (κ1) is 25.2. The second kappa shape index (κ2) is 9.92. The summed E-state index contributed by atoms with van der Waals surface area (Å²) in [6, 6.07) is 11.8. The van der Waals surface area contributed by atoms with Gasteiger partial charge in [0.05, 0.1) is 12.3 Å². The van der Waals surface area contributed by atoms with Crippen molar-refractivity contribution in [3.63, 3.8) is 0 Å². The molecule has 7 nitrogen and oxygen atoms in total. The molecule has 0 radical (unpaired) electrons. The predicted molar refractivity (Wildman–Crippen MR) is 138 cm³/mol. The van der Waals surface area contributed by atoms with Crippen molar-refractivity contribution in [2.75, 3.05) is 18.3 Å². The summed E-state index contributed by atoms with van der Waals surface area (Å²) in [4.78, 5) is 43.2. The Morgan fingerprint density at radius 2 is 1.90 bits per heavy atom. The molecule has 200 valence electrons. The van der Waals surface area contributed by atoms with Gasteiger partial charge in [-0.05, 0) is 54.6 Å². The van der Waals surface area contributed by atoms with Gasteiger partial charge in [0, 0.05) is 40.5 Å². The highest BCUT2D eigenvalue weighted by Gasteiger charge is 2.50. The average molecular weight is 552 g/mol. The number of amides is 1. The maximum atomic E-state index is 15.1. The molecule has 0 spiro atoms. The Labute approximate surface area is 226 Å². The van der Waals surface area contributed by atoms with Gasteiger partial charge in [-0.2, -0.15) is 0 Å². The molecule has 10 heteroatoms. The maximum absolute atomic E-state index is 15.1. The third kappa shape index (κ3) is 4.28. The van der Waals surface area contributed by atoms with E-state index in [0.29, 0.717) is 28.8 Å². The highest BCUT2D eigenvalue weighted by molar-refractivity contribution is 7.10. The second-order valence-electron chi connectivity index (χ2n) is 9.47. The van der Waals surface area contributed by atoms with Crippen molar-refractivity contribution in [3.8, 4) is 11.5 Å². The summed E-state index contributed by atoms with van der Waals surface area (Å²) >= 11 is 1.38. The first-order valence-corrected chi connectivity index (χ1v) is 13.4. The summed E-state index contributed by atoms with van der Waals surface area (Å²) in [5, 5.41) is 1.84. The number of rotatable bonds is 5. The van der Waals surface area contributed by atoms with Crippen molar-refractivity contribution in [2.24, 2.45) is 5.92 Å². The number of ketones is 1. The third-order valence-corrected chi connectivity index (χ3v) is 8.32. The van der Waals surface area contributed by atoms with E-state index in [2.05, 4.69) is 0 Å². The van der Waals surface area contributed by atoms with Crippen molar-refractivity contribution in [1.29, 1.82) is 0 Å². The van der Waals surface area contributed by atoms with Gasteiger partial charge in [0.15, 0.2) is 17.3 Å². The number of allylic oxidation sites excluding steroid dienone is 2. The minimum Gasteiger partial charge on any atom is -0.465 e. The SMILES string of the molecule is CCOC(=O)[C@H]1C(=O)C2=C(C[C@@H]1c1cccs1)N(c1ccc(F)cc1F)C(=O)C[C@H]2c1ccc2c(c1)OCO2. The molecule has 1 aromatic heterocycles. The van der Waals surface area contributed by atoms with E-state index < -0.39 is 47.0 Å². The Bertz CT molecular complexity index is 1520. The lowest BCUT2D eigenvalue weighted by Crippen LogP contribution is -2.46. The van der Waals surface area contributed by atoms with E-state index in [-0.39, 0.29) is 37.5 Å². The van der Waals surface area contributed by atoms with E-state index in [4.69, 9.17) is 14.2 Å². The molecule has 0 bridgehead atoms. The van der Waals surface area contributed by atoms with E-state index >= 15 is 4.39 Å². The fraction of sp³-hybridized carbons (Fsp3) is 0.276. The number of ether oxygens (including phenoxy) is 3. The Kier molecular flexibility index (Phi) is 6.42. The van der Waals surface area contributed by atoms with E-state index in [1.165, 1.54) is 22.3 Å². The zero-order chi connectivity index (χ0) is 27.3. The highest BCUT2D eigenvalue weighted by Crippen LogP contribution is 2.51. The molecule has 6 rings (SSSR count). The van der Waals surface area contributed by atoms with E-state index in [0.717, 1.165) is 10.9 Å². The number of halogens is 2. The first-order chi connectivity index (χ1) is 18.9. The fourth-order valence-corrected chi connectivity index (χ4v) is 6.52. The van der Waals surface area contributed by atoms with Crippen LogP contribution in [0.5, 0.6) is 11.5 Å². The van der Waals surface area contributed by atoms with Gasteiger partial charge in [0.2, 0.25) is 12.7 Å². The molecule has 2 aromatic carbocycles. The van der Waals surface area contributed by atoms with Gasteiger partial charge < -0.3 is 14.2 Å². The standard InChI is InChI=1S/C29H23F2NO6S/c1-2-36-29(35)27-18(24-4-3-9-39-24)12-21-26(28(27)34)17(15-5-8-22-23(10-15)38-14-37-22)13-25(33)32(21)20-7-6-16(30)11-19(20)31/h3-11,17-18,27H,2,12-14H2,1H3/t17-,18+,27+/m0/s1. The molecule has 1 aliphatic carbocycles. The summed E-state index contributed by atoms with van der Waals surface area (Å²) in [7, 11) is 0. The molecule has 3 atom stereocenters. The van der Waals surface area contributed by atoms with Crippen molar-refractivity contribution >= 4 is 34.7 Å². The fourth-order valence-electron chi connectivity index (χ4n) is 5.66. The third-order valence-electron chi connectivity index (χ3n) is 7.32. The van der Waals surface area contributed by atoms with Crippen LogP contribution in [-0.2, 0) is 19.1 Å². The lowest BCUT2D eigenvalue weighted by molar-refractivity contribution is -0.152. The number of esters is 1. The Hall–Kier alpha value is -4.05. The summed E-state index contributed by atoms with van der Waals surface area (Å²) in [6.45, 7) is 1.83. The Balaban J connectivity index is 1.55. The zero-order valence-corrected chi connectivity index (χ0v) is 21.6. The van der Waals surface area contributed by atoms with Gasteiger partial charge in [0.25, 0.3) is 0 Å². The molecule has 0 saturated heterocycles. The number of anilines is 1. The number of nitrogens with zero attached hydrogens (tertiary/aromatic N) is 1. The molecule has 0 unspecified atom stereocenters. The minimum atomic E-state index is -1.13. The molecule has 3 aromatic rings. The van der Waals surface area contributed by atoms with Gasteiger partial charge in [-0.3, -0.25) is 19.3 Å². The van der Waals surface area contributed by atoms with Gasteiger partial charge in [0.1, 0.15) is 17.6 Å². The summed E-state index contributed by atoms with van der Waals surface area (Å²) in [5.41, 5.74) is 1.02. The first-order valence-electron chi connectivity index (χ1n) is 12.5. The number of fused-ring (bicyclic) bond motifs is 1. The summed E-state index contributed by atoms with van der Waals surface area (Å²) in [5.74, 6) is -4.72. The van der Waals surface area contributed by atoms with E-state index in [1.54, 1.807) is 25.1 Å². The molecule has 0 saturated carbocycles. The number of hydrogen-bond acceptors (Lipinski definition) is 7. The van der Waals surface area contributed by atoms with Gasteiger partial charge in [-0.25, -0.2) is 8.78 Å². The van der Waals surface area contributed by atoms with Crippen LogP contribution < -0.4 is 14.4 Å².